The Bertz CT molecular complexity index is 643. The number of carbonyl (C=O) groups excluding carboxylic acids is 1. The summed E-state index contributed by atoms with van der Waals surface area (Å²) in [7, 11) is 0. The summed E-state index contributed by atoms with van der Waals surface area (Å²) in [5, 5.41) is 11.8. The predicted octanol–water partition coefficient (Wildman–Crippen LogP) is 3.75. The molecule has 0 fully saturated rings. The molecule has 0 aliphatic carbocycles. The van der Waals surface area contributed by atoms with Crippen LogP contribution in [0.2, 0.25) is 5.02 Å². The van der Waals surface area contributed by atoms with Crippen molar-refractivity contribution in [1.29, 1.82) is 0 Å². The van der Waals surface area contributed by atoms with Crippen LogP contribution in [-0.4, -0.2) is 11.0 Å². The van der Waals surface area contributed by atoms with Crippen LogP contribution in [0.5, 0.6) is 5.75 Å². The number of halogens is 2. The first kappa shape index (κ1) is 13.4. The number of anilines is 1. The standard InChI is InChI=1S/C14H11ClFNO2/c1-8-2-4-12(11(16)6-8)17-14(19)9-3-5-13(18)10(15)7-9/h2-7,18H,1H3,(H,17,19). The summed E-state index contributed by atoms with van der Waals surface area (Å²) in [6.45, 7) is 1.76. The van der Waals surface area contributed by atoms with E-state index in [-0.39, 0.29) is 22.0 Å². The number of carbonyl (C=O) groups is 1. The maximum absolute atomic E-state index is 13.6. The van der Waals surface area contributed by atoms with Crippen LogP contribution in [0.3, 0.4) is 0 Å². The Hall–Kier alpha value is -2.07. The summed E-state index contributed by atoms with van der Waals surface area (Å²) >= 11 is 5.71. The highest BCUT2D eigenvalue weighted by Gasteiger charge is 2.11. The van der Waals surface area contributed by atoms with Crippen molar-refractivity contribution in [1.82, 2.24) is 0 Å². The number of nitrogens with one attached hydrogen (secondary N) is 1. The first-order valence-electron chi connectivity index (χ1n) is 5.53. The fraction of sp³-hybridized carbons (Fsp3) is 0.0714. The van der Waals surface area contributed by atoms with Gasteiger partial charge in [-0.1, -0.05) is 17.7 Å². The molecule has 2 aromatic rings. The van der Waals surface area contributed by atoms with Crippen LogP contribution >= 0.6 is 11.6 Å². The third-order valence-corrected chi connectivity index (χ3v) is 2.89. The van der Waals surface area contributed by atoms with E-state index in [4.69, 9.17) is 11.6 Å². The van der Waals surface area contributed by atoms with Gasteiger partial charge in [-0.15, -0.1) is 0 Å². The summed E-state index contributed by atoms with van der Waals surface area (Å²) < 4.78 is 13.6. The molecule has 2 rings (SSSR count). The van der Waals surface area contributed by atoms with Crippen molar-refractivity contribution in [3.63, 3.8) is 0 Å². The summed E-state index contributed by atoms with van der Waals surface area (Å²) in [4.78, 5) is 11.9. The number of benzene rings is 2. The second-order valence-electron chi connectivity index (χ2n) is 4.10. The number of amides is 1. The number of aryl methyl sites for hydroxylation is 1. The van der Waals surface area contributed by atoms with Crippen LogP contribution < -0.4 is 5.32 Å². The van der Waals surface area contributed by atoms with E-state index < -0.39 is 11.7 Å². The molecule has 0 aliphatic heterocycles. The number of hydrogen-bond acceptors (Lipinski definition) is 2. The van der Waals surface area contributed by atoms with E-state index in [0.717, 1.165) is 5.56 Å². The molecule has 0 aromatic heterocycles. The van der Waals surface area contributed by atoms with Gasteiger partial charge in [0.05, 0.1) is 10.7 Å². The van der Waals surface area contributed by atoms with Gasteiger partial charge in [-0.25, -0.2) is 4.39 Å². The summed E-state index contributed by atoms with van der Waals surface area (Å²) in [6, 6.07) is 8.55. The van der Waals surface area contributed by atoms with Gasteiger partial charge >= 0.3 is 0 Å². The maximum atomic E-state index is 13.6. The van der Waals surface area contributed by atoms with Gasteiger partial charge in [-0.3, -0.25) is 4.79 Å². The van der Waals surface area contributed by atoms with Gasteiger partial charge in [0, 0.05) is 5.56 Å². The van der Waals surface area contributed by atoms with E-state index in [2.05, 4.69) is 5.32 Å². The third-order valence-electron chi connectivity index (χ3n) is 2.58. The highest BCUT2D eigenvalue weighted by molar-refractivity contribution is 6.32. The highest BCUT2D eigenvalue weighted by Crippen LogP contribution is 2.24. The van der Waals surface area contributed by atoms with Gasteiger partial charge in [0.1, 0.15) is 11.6 Å². The second-order valence-corrected chi connectivity index (χ2v) is 4.51. The molecule has 98 valence electrons. The zero-order valence-corrected chi connectivity index (χ0v) is 10.8. The number of hydrogen-bond donors (Lipinski definition) is 2. The van der Waals surface area contributed by atoms with Crippen molar-refractivity contribution in [3.05, 3.63) is 58.4 Å². The Morgan fingerprint density at radius 1 is 1.26 bits per heavy atom. The third kappa shape index (κ3) is 3.03. The smallest absolute Gasteiger partial charge is 0.255 e. The van der Waals surface area contributed by atoms with E-state index in [1.54, 1.807) is 13.0 Å². The molecule has 0 spiro atoms. The molecule has 0 aliphatic rings. The largest absolute Gasteiger partial charge is 0.506 e. The van der Waals surface area contributed by atoms with Crippen molar-refractivity contribution in [2.24, 2.45) is 0 Å². The molecule has 0 saturated carbocycles. The lowest BCUT2D eigenvalue weighted by atomic mass is 10.2. The fourth-order valence-electron chi connectivity index (χ4n) is 1.56. The molecule has 5 heteroatoms. The molecule has 2 aromatic carbocycles. The summed E-state index contributed by atoms with van der Waals surface area (Å²) in [5.41, 5.74) is 1.10. The molecule has 0 atom stereocenters. The van der Waals surface area contributed by atoms with Crippen molar-refractivity contribution >= 4 is 23.2 Å². The predicted molar refractivity (Wildman–Crippen MR) is 72.2 cm³/mol. The quantitative estimate of drug-likeness (QED) is 0.880. The Kier molecular flexibility index (Phi) is 3.71. The number of rotatable bonds is 2. The minimum absolute atomic E-state index is 0.0667. The molecule has 0 bridgehead atoms. The van der Waals surface area contributed by atoms with Crippen LogP contribution in [-0.2, 0) is 0 Å². The summed E-state index contributed by atoms with van der Waals surface area (Å²) in [5.74, 6) is -1.11. The Labute approximate surface area is 114 Å². The lowest BCUT2D eigenvalue weighted by molar-refractivity contribution is 0.102. The topological polar surface area (TPSA) is 49.3 Å². The highest BCUT2D eigenvalue weighted by atomic mass is 35.5. The van der Waals surface area contributed by atoms with Crippen molar-refractivity contribution in [3.8, 4) is 5.75 Å². The zero-order valence-electron chi connectivity index (χ0n) is 10.1. The molecule has 0 radical (unpaired) electrons. The van der Waals surface area contributed by atoms with Crippen molar-refractivity contribution in [2.75, 3.05) is 5.32 Å². The van der Waals surface area contributed by atoms with E-state index in [1.165, 1.54) is 30.3 Å². The molecule has 2 N–H and O–H groups in total. The summed E-state index contributed by atoms with van der Waals surface area (Å²) in [6.07, 6.45) is 0. The number of phenols is 1. The van der Waals surface area contributed by atoms with Gasteiger partial charge in [-0.2, -0.15) is 0 Å². The number of phenolic OH excluding ortho intramolecular Hbond substituents is 1. The molecule has 0 saturated heterocycles. The SMILES string of the molecule is Cc1ccc(NC(=O)c2ccc(O)c(Cl)c2)c(F)c1. The van der Waals surface area contributed by atoms with Gasteiger partial charge in [-0.05, 0) is 42.8 Å². The van der Waals surface area contributed by atoms with Gasteiger partial charge < -0.3 is 10.4 Å². The molecule has 19 heavy (non-hydrogen) atoms. The van der Waals surface area contributed by atoms with Gasteiger partial charge in [0.2, 0.25) is 0 Å². The number of aromatic hydroxyl groups is 1. The van der Waals surface area contributed by atoms with E-state index in [0.29, 0.717) is 0 Å². The zero-order chi connectivity index (χ0) is 14.0. The Morgan fingerprint density at radius 2 is 2.00 bits per heavy atom. The van der Waals surface area contributed by atoms with Crippen LogP contribution in [0.25, 0.3) is 0 Å². The van der Waals surface area contributed by atoms with Crippen LogP contribution in [0.1, 0.15) is 15.9 Å². The molecular formula is C14H11ClFNO2. The van der Waals surface area contributed by atoms with Gasteiger partial charge in [0.25, 0.3) is 5.91 Å². The molecule has 0 heterocycles. The fourth-order valence-corrected chi connectivity index (χ4v) is 1.74. The molecule has 0 unspecified atom stereocenters. The van der Waals surface area contributed by atoms with E-state index >= 15 is 0 Å². The molecule has 3 nitrogen and oxygen atoms in total. The van der Waals surface area contributed by atoms with Crippen LogP contribution in [0.15, 0.2) is 36.4 Å². The van der Waals surface area contributed by atoms with E-state index in [1.807, 2.05) is 0 Å². The Balaban J connectivity index is 2.23. The van der Waals surface area contributed by atoms with E-state index in [9.17, 15) is 14.3 Å². The van der Waals surface area contributed by atoms with Crippen molar-refractivity contribution in [2.45, 2.75) is 6.92 Å². The molecule has 1 amide bonds. The minimum atomic E-state index is -0.502. The van der Waals surface area contributed by atoms with Gasteiger partial charge in [0.15, 0.2) is 0 Å². The lowest BCUT2D eigenvalue weighted by Gasteiger charge is -2.07. The van der Waals surface area contributed by atoms with Crippen LogP contribution in [0.4, 0.5) is 10.1 Å². The average molecular weight is 280 g/mol. The first-order valence-corrected chi connectivity index (χ1v) is 5.91. The maximum Gasteiger partial charge on any atom is 0.255 e. The average Bonchev–Trinajstić information content (AvgIpc) is 2.36. The minimum Gasteiger partial charge on any atom is -0.506 e. The second kappa shape index (κ2) is 5.28. The molecular weight excluding hydrogens is 269 g/mol. The normalized spacial score (nSPS) is 10.3. The Morgan fingerprint density at radius 3 is 2.63 bits per heavy atom. The lowest BCUT2D eigenvalue weighted by Crippen LogP contribution is -2.13. The van der Waals surface area contributed by atoms with Crippen LogP contribution in [0, 0.1) is 12.7 Å². The first-order chi connectivity index (χ1) is 8.97. The van der Waals surface area contributed by atoms with Crippen molar-refractivity contribution < 1.29 is 14.3 Å². The monoisotopic (exact) mass is 279 g/mol.